The molecule has 3 atom stereocenters. The number of hydrogen-bond acceptors (Lipinski definition) is 4. The summed E-state index contributed by atoms with van der Waals surface area (Å²) in [5.41, 5.74) is -1.06. The monoisotopic (exact) mass is 429 g/mol. The van der Waals surface area contributed by atoms with E-state index in [9.17, 15) is 37.2 Å². The molecular weight excluding hydrogens is 411 g/mol. The van der Waals surface area contributed by atoms with Crippen molar-refractivity contribution >= 4 is 22.7 Å². The second kappa shape index (κ2) is 9.66. The summed E-state index contributed by atoms with van der Waals surface area (Å²) in [5, 5.41) is 21.4. The molecule has 3 N–H and O–H groups in total. The SMILES string of the molecule is O=C(N[C@H](CC[S@](=O)c1ccccc1)C(=O)O)[C@@H](O)c1ccc(C(F)(F)F)cc1. The fourth-order valence-corrected chi connectivity index (χ4v) is 3.57. The first-order valence-electron chi connectivity index (χ1n) is 8.41. The molecule has 0 saturated carbocycles. The Morgan fingerprint density at radius 3 is 2.14 bits per heavy atom. The Labute approximate surface area is 166 Å². The van der Waals surface area contributed by atoms with Crippen LogP contribution in [0.1, 0.15) is 23.7 Å². The minimum absolute atomic E-state index is 0.0440. The van der Waals surface area contributed by atoms with Crippen LogP contribution in [-0.4, -0.2) is 38.1 Å². The Hall–Kier alpha value is -2.72. The Kier molecular flexibility index (Phi) is 7.52. The number of carbonyl (C=O) groups is 2. The molecule has 0 aromatic heterocycles. The number of hydrogen-bond donors (Lipinski definition) is 3. The first-order chi connectivity index (χ1) is 13.6. The van der Waals surface area contributed by atoms with E-state index in [-0.39, 0.29) is 17.7 Å². The molecule has 0 aliphatic rings. The largest absolute Gasteiger partial charge is 0.480 e. The fraction of sp³-hybridized carbons (Fsp3) is 0.263. The van der Waals surface area contributed by atoms with E-state index in [0.717, 1.165) is 12.1 Å². The van der Waals surface area contributed by atoms with Gasteiger partial charge in [0.25, 0.3) is 5.91 Å². The van der Waals surface area contributed by atoms with Crippen LogP contribution in [0.15, 0.2) is 59.5 Å². The maximum Gasteiger partial charge on any atom is 0.416 e. The molecule has 0 unspecified atom stereocenters. The quantitative estimate of drug-likeness (QED) is 0.598. The highest BCUT2D eigenvalue weighted by Gasteiger charge is 2.31. The number of carboxylic acids is 1. The van der Waals surface area contributed by atoms with Gasteiger partial charge in [-0.3, -0.25) is 9.00 Å². The summed E-state index contributed by atoms with van der Waals surface area (Å²) in [7, 11) is -1.48. The maximum atomic E-state index is 12.6. The Morgan fingerprint density at radius 2 is 1.62 bits per heavy atom. The summed E-state index contributed by atoms with van der Waals surface area (Å²) >= 11 is 0. The number of aliphatic carboxylic acids is 1. The van der Waals surface area contributed by atoms with Crippen LogP contribution in [0.2, 0.25) is 0 Å². The highest BCUT2D eigenvalue weighted by atomic mass is 32.2. The van der Waals surface area contributed by atoms with Gasteiger partial charge in [-0.15, -0.1) is 0 Å². The lowest BCUT2D eigenvalue weighted by Gasteiger charge is -2.18. The topological polar surface area (TPSA) is 104 Å². The average Bonchev–Trinajstić information content (AvgIpc) is 2.70. The molecule has 156 valence electrons. The Morgan fingerprint density at radius 1 is 1.03 bits per heavy atom. The Bertz CT molecular complexity index is 872. The van der Waals surface area contributed by atoms with Crippen LogP contribution in [0.5, 0.6) is 0 Å². The number of nitrogens with one attached hydrogen (secondary N) is 1. The first kappa shape index (κ1) is 22.6. The number of amides is 1. The van der Waals surface area contributed by atoms with Crippen molar-refractivity contribution in [3.8, 4) is 0 Å². The molecule has 0 heterocycles. The van der Waals surface area contributed by atoms with E-state index in [1.165, 1.54) is 0 Å². The Balaban J connectivity index is 1.99. The zero-order valence-electron chi connectivity index (χ0n) is 14.9. The summed E-state index contributed by atoms with van der Waals surface area (Å²) < 4.78 is 49.9. The molecule has 0 aliphatic carbocycles. The van der Waals surface area contributed by atoms with Crippen molar-refractivity contribution in [1.82, 2.24) is 5.32 Å². The normalized spacial score (nSPS) is 14.6. The molecule has 2 aromatic rings. The number of aliphatic hydroxyl groups excluding tert-OH is 1. The van der Waals surface area contributed by atoms with E-state index in [1.54, 1.807) is 30.3 Å². The van der Waals surface area contributed by atoms with Crippen molar-refractivity contribution in [1.29, 1.82) is 0 Å². The number of halogens is 3. The van der Waals surface area contributed by atoms with E-state index in [1.807, 2.05) is 0 Å². The number of carboxylic acid groups (broad SMARTS) is 1. The van der Waals surface area contributed by atoms with Gasteiger partial charge in [-0.05, 0) is 36.2 Å². The van der Waals surface area contributed by atoms with Crippen LogP contribution in [0.3, 0.4) is 0 Å². The summed E-state index contributed by atoms with van der Waals surface area (Å²) in [5.74, 6) is -2.51. The van der Waals surface area contributed by atoms with Gasteiger partial charge in [0, 0.05) is 10.6 Å². The minimum atomic E-state index is -4.56. The average molecular weight is 429 g/mol. The molecule has 0 radical (unpaired) electrons. The van der Waals surface area contributed by atoms with Gasteiger partial charge < -0.3 is 15.5 Å². The zero-order chi connectivity index (χ0) is 21.6. The fourth-order valence-electron chi connectivity index (χ4n) is 2.43. The van der Waals surface area contributed by atoms with Crippen molar-refractivity contribution in [3.05, 3.63) is 65.7 Å². The third kappa shape index (κ3) is 6.40. The van der Waals surface area contributed by atoms with Gasteiger partial charge in [0.05, 0.1) is 16.4 Å². The zero-order valence-corrected chi connectivity index (χ0v) is 15.7. The summed E-state index contributed by atoms with van der Waals surface area (Å²) in [6.07, 6.45) is -6.57. The van der Waals surface area contributed by atoms with Crippen molar-refractivity contribution in [2.45, 2.75) is 29.6 Å². The van der Waals surface area contributed by atoms with Crippen LogP contribution in [0.4, 0.5) is 13.2 Å². The lowest BCUT2D eigenvalue weighted by atomic mass is 10.1. The standard InChI is InChI=1S/C19H18F3NO5S/c20-19(21,22)13-8-6-12(7-9-13)16(24)17(25)23-15(18(26)27)10-11-29(28)14-4-2-1-3-5-14/h1-9,15-16,24H,10-11H2,(H,23,25)(H,26,27)/t15-,16+,29+/m1/s1. The molecule has 0 spiro atoms. The molecule has 1 amide bonds. The highest BCUT2D eigenvalue weighted by molar-refractivity contribution is 7.85. The molecule has 0 saturated heterocycles. The lowest BCUT2D eigenvalue weighted by Crippen LogP contribution is -2.43. The van der Waals surface area contributed by atoms with E-state index >= 15 is 0 Å². The predicted octanol–water partition coefficient (Wildman–Crippen LogP) is 2.51. The second-order valence-electron chi connectivity index (χ2n) is 6.07. The van der Waals surface area contributed by atoms with Crippen LogP contribution in [-0.2, 0) is 26.6 Å². The lowest BCUT2D eigenvalue weighted by molar-refractivity contribution is -0.143. The smallest absolute Gasteiger partial charge is 0.416 e. The number of rotatable bonds is 8. The summed E-state index contributed by atoms with van der Waals surface area (Å²) in [6, 6.07) is 10.2. The van der Waals surface area contributed by atoms with Crippen LogP contribution in [0.25, 0.3) is 0 Å². The van der Waals surface area contributed by atoms with Gasteiger partial charge in [-0.2, -0.15) is 13.2 Å². The number of benzene rings is 2. The minimum Gasteiger partial charge on any atom is -0.480 e. The maximum absolute atomic E-state index is 12.6. The molecule has 2 aromatic carbocycles. The van der Waals surface area contributed by atoms with Gasteiger partial charge >= 0.3 is 12.1 Å². The molecule has 6 nitrogen and oxygen atoms in total. The highest BCUT2D eigenvalue weighted by Crippen LogP contribution is 2.30. The van der Waals surface area contributed by atoms with E-state index in [0.29, 0.717) is 17.0 Å². The van der Waals surface area contributed by atoms with Crippen molar-refractivity contribution in [2.75, 3.05) is 5.75 Å². The molecule has 0 fully saturated rings. The van der Waals surface area contributed by atoms with Gasteiger partial charge in [0.2, 0.25) is 0 Å². The van der Waals surface area contributed by atoms with Gasteiger partial charge in [0.1, 0.15) is 6.04 Å². The molecule has 10 heteroatoms. The van der Waals surface area contributed by atoms with Gasteiger partial charge in [0.15, 0.2) is 6.10 Å². The van der Waals surface area contributed by atoms with Crippen LogP contribution in [0, 0.1) is 0 Å². The van der Waals surface area contributed by atoms with E-state index < -0.39 is 46.6 Å². The predicted molar refractivity (Wildman–Crippen MR) is 98.3 cm³/mol. The molecule has 2 rings (SSSR count). The van der Waals surface area contributed by atoms with Crippen molar-refractivity contribution < 1.29 is 37.2 Å². The number of carbonyl (C=O) groups excluding carboxylic acids is 1. The van der Waals surface area contributed by atoms with Crippen LogP contribution >= 0.6 is 0 Å². The molecular formula is C19H18F3NO5S. The number of alkyl halides is 3. The third-order valence-corrected chi connectivity index (χ3v) is 5.42. The molecule has 0 bridgehead atoms. The summed E-state index contributed by atoms with van der Waals surface area (Å²) in [6.45, 7) is 0. The van der Waals surface area contributed by atoms with Crippen molar-refractivity contribution in [2.24, 2.45) is 0 Å². The van der Waals surface area contributed by atoms with Crippen LogP contribution < -0.4 is 5.32 Å². The molecule has 0 aliphatic heterocycles. The van der Waals surface area contributed by atoms with Gasteiger partial charge in [-0.25, -0.2) is 4.79 Å². The van der Waals surface area contributed by atoms with E-state index in [2.05, 4.69) is 5.32 Å². The number of aliphatic hydroxyl groups is 1. The van der Waals surface area contributed by atoms with Crippen molar-refractivity contribution in [3.63, 3.8) is 0 Å². The third-order valence-electron chi connectivity index (χ3n) is 4.01. The second-order valence-corrected chi connectivity index (χ2v) is 7.64. The van der Waals surface area contributed by atoms with E-state index in [4.69, 9.17) is 0 Å². The molecule has 29 heavy (non-hydrogen) atoms. The first-order valence-corrected chi connectivity index (χ1v) is 9.73. The summed E-state index contributed by atoms with van der Waals surface area (Å²) in [4.78, 5) is 24.0. The van der Waals surface area contributed by atoms with Gasteiger partial charge in [-0.1, -0.05) is 30.3 Å².